The van der Waals surface area contributed by atoms with Crippen LogP contribution in [0, 0.1) is 4.77 Å². The van der Waals surface area contributed by atoms with Crippen molar-refractivity contribution >= 4 is 23.3 Å². The van der Waals surface area contributed by atoms with Crippen molar-refractivity contribution in [1.29, 1.82) is 0 Å². The van der Waals surface area contributed by atoms with E-state index < -0.39 is 0 Å². The Hall–Kier alpha value is -3.12. The Labute approximate surface area is 167 Å². The van der Waals surface area contributed by atoms with Crippen LogP contribution in [-0.2, 0) is 5.41 Å². The quantitative estimate of drug-likeness (QED) is 0.474. The largest absolute Gasteiger partial charge is 0.330 e. The molecule has 0 fully saturated rings. The average Bonchev–Trinajstić information content (AvgIpc) is 2.67. The second-order valence-corrected chi connectivity index (χ2v) is 8.14. The number of nitrogens with zero attached hydrogens (tertiary/aromatic N) is 2. The number of nitrogens with one attached hydrogen (secondary N) is 2. The molecule has 0 spiro atoms. The Balaban J connectivity index is 1.86. The Bertz CT molecular complexity index is 1280. The Morgan fingerprint density at radius 3 is 2.39 bits per heavy atom. The fraction of sp³-hybridized carbons (Fsp3) is 0.182. The first-order valence-electron chi connectivity index (χ1n) is 9.02. The smallest absolute Gasteiger partial charge is 0.262 e. The van der Waals surface area contributed by atoms with Gasteiger partial charge in [-0.2, -0.15) is 4.98 Å². The van der Waals surface area contributed by atoms with Crippen molar-refractivity contribution in [2.75, 3.05) is 0 Å². The molecule has 0 saturated heterocycles. The zero-order chi connectivity index (χ0) is 19.9. The first-order valence-corrected chi connectivity index (χ1v) is 9.43. The highest BCUT2D eigenvalue weighted by atomic mass is 32.1. The van der Waals surface area contributed by atoms with Gasteiger partial charge in [0.15, 0.2) is 10.4 Å². The molecule has 0 aliphatic heterocycles. The van der Waals surface area contributed by atoms with E-state index in [1.165, 1.54) is 11.9 Å². The van der Waals surface area contributed by atoms with Crippen molar-refractivity contribution in [2.24, 2.45) is 0 Å². The summed E-state index contributed by atoms with van der Waals surface area (Å²) in [6, 6.07) is 16.6. The van der Waals surface area contributed by atoms with Gasteiger partial charge in [0, 0.05) is 0 Å². The van der Waals surface area contributed by atoms with E-state index in [9.17, 15) is 4.79 Å². The van der Waals surface area contributed by atoms with Crippen LogP contribution in [-0.4, -0.2) is 19.9 Å². The lowest BCUT2D eigenvalue weighted by Gasteiger charge is -2.19. The number of rotatable bonds is 2. The van der Waals surface area contributed by atoms with Crippen LogP contribution in [0.25, 0.3) is 33.4 Å². The minimum atomic E-state index is -0.251. The summed E-state index contributed by atoms with van der Waals surface area (Å²) in [5.74, 6) is 0. The van der Waals surface area contributed by atoms with E-state index in [0.29, 0.717) is 21.5 Å². The van der Waals surface area contributed by atoms with Crippen LogP contribution in [0.15, 0.2) is 59.7 Å². The Kier molecular flexibility index (Phi) is 4.43. The number of hydrogen-bond donors (Lipinski definition) is 2. The standard InChI is InChI=1S/C22H20N4OS/c1-22(2,3)16-9-7-13(8-10-16)14-5-4-6-15(11-14)18-17-19(26-21(28)25-18)23-12-24-20(17)27/h4-12H,1-3H3,(H2,23,24,25,26,27,28). The summed E-state index contributed by atoms with van der Waals surface area (Å²) in [6.45, 7) is 6.60. The molecule has 0 unspecified atom stereocenters. The fourth-order valence-corrected chi connectivity index (χ4v) is 3.42. The molecule has 4 rings (SSSR count). The van der Waals surface area contributed by atoms with E-state index in [1.807, 2.05) is 18.2 Å². The van der Waals surface area contributed by atoms with Gasteiger partial charge in [-0.3, -0.25) is 4.79 Å². The summed E-state index contributed by atoms with van der Waals surface area (Å²) in [7, 11) is 0. The maximum Gasteiger partial charge on any atom is 0.262 e. The summed E-state index contributed by atoms with van der Waals surface area (Å²) in [6.07, 6.45) is 1.34. The monoisotopic (exact) mass is 388 g/mol. The van der Waals surface area contributed by atoms with Crippen molar-refractivity contribution in [3.8, 4) is 22.4 Å². The van der Waals surface area contributed by atoms with Gasteiger partial charge in [-0.25, -0.2) is 4.98 Å². The molecule has 0 aliphatic carbocycles. The average molecular weight is 388 g/mol. The lowest BCUT2D eigenvalue weighted by Crippen LogP contribution is -2.10. The summed E-state index contributed by atoms with van der Waals surface area (Å²) in [4.78, 5) is 26.4. The SMILES string of the molecule is CC(C)(C)c1ccc(-c2cccc(-c3[nH]c(=S)nc4nc[nH]c(=O)c34)c2)cc1. The van der Waals surface area contributed by atoms with Crippen LogP contribution in [0.3, 0.4) is 0 Å². The van der Waals surface area contributed by atoms with Gasteiger partial charge in [0.2, 0.25) is 0 Å². The molecule has 0 atom stereocenters. The van der Waals surface area contributed by atoms with E-state index >= 15 is 0 Å². The second kappa shape index (κ2) is 6.80. The maximum atomic E-state index is 12.4. The molecular weight excluding hydrogens is 368 g/mol. The van der Waals surface area contributed by atoms with Crippen LogP contribution in [0.1, 0.15) is 26.3 Å². The van der Waals surface area contributed by atoms with Crippen LogP contribution >= 0.6 is 12.2 Å². The summed E-state index contributed by atoms with van der Waals surface area (Å²) >= 11 is 5.23. The normalized spacial score (nSPS) is 11.7. The van der Waals surface area contributed by atoms with Crippen LogP contribution in [0.2, 0.25) is 0 Å². The van der Waals surface area contributed by atoms with Crippen molar-refractivity contribution in [3.63, 3.8) is 0 Å². The third kappa shape index (κ3) is 3.39. The van der Waals surface area contributed by atoms with E-state index in [0.717, 1.165) is 16.7 Å². The third-order valence-electron chi connectivity index (χ3n) is 4.76. The zero-order valence-electron chi connectivity index (χ0n) is 15.9. The summed E-state index contributed by atoms with van der Waals surface area (Å²) in [5.41, 5.74) is 5.13. The van der Waals surface area contributed by atoms with Gasteiger partial charge in [0.05, 0.1) is 12.0 Å². The van der Waals surface area contributed by atoms with Gasteiger partial charge in [0.25, 0.3) is 5.56 Å². The molecule has 0 amide bonds. The molecule has 0 aliphatic rings. The van der Waals surface area contributed by atoms with Gasteiger partial charge in [-0.05, 0) is 46.0 Å². The topological polar surface area (TPSA) is 74.4 Å². The molecule has 2 aromatic carbocycles. The predicted molar refractivity (Wildman–Crippen MR) is 115 cm³/mol. The molecule has 4 aromatic rings. The van der Waals surface area contributed by atoms with Crippen molar-refractivity contribution < 1.29 is 0 Å². The summed E-state index contributed by atoms with van der Waals surface area (Å²) in [5, 5.41) is 0.399. The predicted octanol–water partition coefficient (Wildman–Crippen LogP) is 5.01. The zero-order valence-corrected chi connectivity index (χ0v) is 16.7. The van der Waals surface area contributed by atoms with E-state index in [-0.39, 0.29) is 11.0 Å². The molecule has 0 saturated carbocycles. The molecule has 2 aromatic heterocycles. The number of benzene rings is 2. The molecular formula is C22H20N4OS. The first-order chi connectivity index (χ1) is 13.3. The molecule has 2 N–H and O–H groups in total. The summed E-state index contributed by atoms with van der Waals surface area (Å²) < 4.78 is 0.292. The van der Waals surface area contributed by atoms with Gasteiger partial charge in [0.1, 0.15) is 5.39 Å². The highest BCUT2D eigenvalue weighted by molar-refractivity contribution is 7.71. The van der Waals surface area contributed by atoms with Crippen molar-refractivity contribution in [2.45, 2.75) is 26.2 Å². The van der Waals surface area contributed by atoms with Gasteiger partial charge >= 0.3 is 0 Å². The molecule has 140 valence electrons. The number of aromatic amines is 2. The number of aromatic nitrogens is 4. The van der Waals surface area contributed by atoms with Crippen LogP contribution in [0.5, 0.6) is 0 Å². The van der Waals surface area contributed by atoms with Gasteiger partial charge in [-0.1, -0.05) is 63.2 Å². The Morgan fingerprint density at radius 1 is 0.964 bits per heavy atom. The molecule has 0 radical (unpaired) electrons. The molecule has 28 heavy (non-hydrogen) atoms. The Morgan fingerprint density at radius 2 is 1.68 bits per heavy atom. The van der Waals surface area contributed by atoms with Crippen LogP contribution < -0.4 is 5.56 Å². The highest BCUT2D eigenvalue weighted by Gasteiger charge is 2.14. The lowest BCUT2D eigenvalue weighted by molar-refractivity contribution is 0.590. The number of hydrogen-bond acceptors (Lipinski definition) is 4. The molecule has 2 heterocycles. The third-order valence-corrected chi connectivity index (χ3v) is 4.95. The lowest BCUT2D eigenvalue weighted by atomic mass is 9.86. The molecule has 0 bridgehead atoms. The second-order valence-electron chi connectivity index (χ2n) is 7.76. The van der Waals surface area contributed by atoms with E-state index in [4.69, 9.17) is 12.2 Å². The first kappa shape index (κ1) is 18.3. The number of H-pyrrole nitrogens is 2. The van der Waals surface area contributed by atoms with Crippen molar-refractivity contribution in [3.05, 3.63) is 75.5 Å². The number of fused-ring (bicyclic) bond motifs is 1. The van der Waals surface area contributed by atoms with Gasteiger partial charge < -0.3 is 9.97 Å². The minimum Gasteiger partial charge on any atom is -0.330 e. The minimum absolute atomic E-state index is 0.110. The van der Waals surface area contributed by atoms with Crippen LogP contribution in [0.4, 0.5) is 0 Å². The fourth-order valence-electron chi connectivity index (χ4n) is 3.23. The maximum absolute atomic E-state index is 12.4. The molecule has 5 nitrogen and oxygen atoms in total. The van der Waals surface area contributed by atoms with Crippen molar-refractivity contribution in [1.82, 2.24) is 19.9 Å². The van der Waals surface area contributed by atoms with E-state index in [2.05, 4.69) is 71.0 Å². The van der Waals surface area contributed by atoms with Gasteiger partial charge in [-0.15, -0.1) is 0 Å². The molecule has 6 heteroatoms. The van der Waals surface area contributed by atoms with E-state index in [1.54, 1.807) is 0 Å². The highest BCUT2D eigenvalue weighted by Crippen LogP contribution is 2.29.